The molecule has 0 amide bonds. The van der Waals surface area contributed by atoms with Crippen molar-refractivity contribution < 1.29 is 9.53 Å². The number of Topliss-reactive ketones (excluding diaryl/α,β-unsaturated/α-hetero) is 1. The first-order chi connectivity index (χ1) is 9.19. The predicted molar refractivity (Wildman–Crippen MR) is 77.1 cm³/mol. The van der Waals surface area contributed by atoms with Crippen LogP contribution in [0.2, 0.25) is 5.02 Å². The van der Waals surface area contributed by atoms with E-state index in [0.717, 1.165) is 6.42 Å². The third kappa shape index (κ3) is 3.83. The lowest BCUT2D eigenvalue weighted by Crippen LogP contribution is -2.11. The third-order valence-electron chi connectivity index (χ3n) is 2.85. The van der Waals surface area contributed by atoms with Gasteiger partial charge in [0.15, 0.2) is 12.4 Å². The van der Waals surface area contributed by atoms with Crippen LogP contribution >= 0.6 is 11.6 Å². The van der Waals surface area contributed by atoms with Gasteiger partial charge in [0.05, 0.1) is 0 Å². The maximum absolute atomic E-state index is 11.9. The molecule has 0 aliphatic heterocycles. The zero-order chi connectivity index (χ0) is 13.7. The molecule has 0 bridgehead atoms. The number of aryl methyl sites for hydroxylation is 1. The summed E-state index contributed by atoms with van der Waals surface area (Å²) < 4.78 is 5.47. The average Bonchev–Trinajstić information content (AvgIpc) is 2.45. The number of carbonyl (C=O) groups is 1. The fourth-order valence-corrected chi connectivity index (χ4v) is 1.91. The molecule has 98 valence electrons. The quantitative estimate of drug-likeness (QED) is 0.765. The molecule has 2 nitrogen and oxygen atoms in total. The summed E-state index contributed by atoms with van der Waals surface area (Å²) in [6, 6.07) is 14.6. The van der Waals surface area contributed by atoms with Crippen molar-refractivity contribution in [2.75, 3.05) is 6.61 Å². The van der Waals surface area contributed by atoms with Crippen LogP contribution in [-0.4, -0.2) is 12.4 Å². The van der Waals surface area contributed by atoms with Crippen molar-refractivity contribution in [1.29, 1.82) is 0 Å². The van der Waals surface area contributed by atoms with Crippen LogP contribution in [0.5, 0.6) is 5.75 Å². The summed E-state index contributed by atoms with van der Waals surface area (Å²) in [4.78, 5) is 11.9. The second-order valence-electron chi connectivity index (χ2n) is 4.22. The predicted octanol–water partition coefficient (Wildman–Crippen LogP) is 4.16. The van der Waals surface area contributed by atoms with E-state index in [9.17, 15) is 4.79 Å². The highest BCUT2D eigenvalue weighted by Gasteiger charge is 2.07. The third-order valence-corrected chi connectivity index (χ3v) is 3.08. The minimum atomic E-state index is -0.0814. The lowest BCUT2D eigenvalue weighted by molar-refractivity contribution is 0.0921. The Labute approximate surface area is 118 Å². The Morgan fingerprint density at radius 3 is 2.53 bits per heavy atom. The molecular formula is C16H15ClO2. The topological polar surface area (TPSA) is 26.3 Å². The molecule has 0 saturated carbocycles. The molecule has 0 aliphatic rings. The molecule has 0 heterocycles. The molecule has 0 fully saturated rings. The molecule has 0 radical (unpaired) electrons. The van der Waals surface area contributed by atoms with E-state index >= 15 is 0 Å². The number of rotatable bonds is 5. The SMILES string of the molecule is CCc1ccc(OCC(=O)c2cccc(Cl)c2)cc1. The van der Waals surface area contributed by atoms with Crippen LogP contribution in [0.1, 0.15) is 22.8 Å². The Bertz CT molecular complexity index is 561. The molecule has 0 saturated heterocycles. The van der Waals surface area contributed by atoms with Crippen LogP contribution < -0.4 is 4.74 Å². The summed E-state index contributed by atoms with van der Waals surface area (Å²) in [6.45, 7) is 2.12. The Hall–Kier alpha value is -1.80. The van der Waals surface area contributed by atoms with Gasteiger partial charge in [0.25, 0.3) is 0 Å². The molecule has 0 spiro atoms. The number of halogens is 1. The molecule has 2 rings (SSSR count). The fourth-order valence-electron chi connectivity index (χ4n) is 1.72. The van der Waals surface area contributed by atoms with Crippen molar-refractivity contribution in [3.63, 3.8) is 0 Å². The van der Waals surface area contributed by atoms with E-state index in [-0.39, 0.29) is 12.4 Å². The molecule has 0 atom stereocenters. The molecule has 3 heteroatoms. The zero-order valence-corrected chi connectivity index (χ0v) is 11.5. The summed E-state index contributed by atoms with van der Waals surface area (Å²) >= 11 is 5.85. The van der Waals surface area contributed by atoms with Gasteiger partial charge in [-0.15, -0.1) is 0 Å². The van der Waals surface area contributed by atoms with Crippen LogP contribution in [0.25, 0.3) is 0 Å². The highest BCUT2D eigenvalue weighted by molar-refractivity contribution is 6.31. The van der Waals surface area contributed by atoms with Gasteiger partial charge in [0.1, 0.15) is 5.75 Å². The molecule has 2 aromatic rings. The molecule has 0 unspecified atom stereocenters. The fraction of sp³-hybridized carbons (Fsp3) is 0.188. The molecule has 19 heavy (non-hydrogen) atoms. The largest absolute Gasteiger partial charge is 0.485 e. The van der Waals surface area contributed by atoms with E-state index in [1.807, 2.05) is 24.3 Å². The van der Waals surface area contributed by atoms with Gasteiger partial charge in [-0.3, -0.25) is 4.79 Å². The van der Waals surface area contributed by atoms with Gasteiger partial charge in [-0.25, -0.2) is 0 Å². The Kier molecular flexibility index (Phi) is 4.58. The molecular weight excluding hydrogens is 260 g/mol. The van der Waals surface area contributed by atoms with E-state index in [0.29, 0.717) is 16.3 Å². The molecule has 0 N–H and O–H groups in total. The van der Waals surface area contributed by atoms with Crippen molar-refractivity contribution in [3.8, 4) is 5.75 Å². The van der Waals surface area contributed by atoms with Gasteiger partial charge in [-0.05, 0) is 36.2 Å². The van der Waals surface area contributed by atoms with Crippen LogP contribution in [0.4, 0.5) is 0 Å². The van der Waals surface area contributed by atoms with Crippen molar-refractivity contribution in [2.45, 2.75) is 13.3 Å². The number of hydrogen-bond acceptors (Lipinski definition) is 2. The average molecular weight is 275 g/mol. The first kappa shape index (κ1) is 13.6. The van der Waals surface area contributed by atoms with Crippen molar-refractivity contribution in [2.24, 2.45) is 0 Å². The summed E-state index contributed by atoms with van der Waals surface area (Å²) in [6.07, 6.45) is 0.988. The van der Waals surface area contributed by atoms with Gasteiger partial charge in [0.2, 0.25) is 0 Å². The van der Waals surface area contributed by atoms with Crippen molar-refractivity contribution in [3.05, 3.63) is 64.7 Å². The highest BCUT2D eigenvalue weighted by atomic mass is 35.5. The normalized spacial score (nSPS) is 10.2. The van der Waals surface area contributed by atoms with E-state index in [1.54, 1.807) is 24.3 Å². The first-order valence-electron chi connectivity index (χ1n) is 6.19. The minimum Gasteiger partial charge on any atom is -0.485 e. The Morgan fingerprint density at radius 1 is 1.16 bits per heavy atom. The van der Waals surface area contributed by atoms with E-state index in [2.05, 4.69) is 6.92 Å². The number of hydrogen-bond donors (Lipinski definition) is 0. The van der Waals surface area contributed by atoms with Gasteiger partial charge in [-0.1, -0.05) is 42.8 Å². The maximum Gasteiger partial charge on any atom is 0.200 e. The number of ketones is 1. The van der Waals surface area contributed by atoms with Gasteiger partial charge in [-0.2, -0.15) is 0 Å². The second kappa shape index (κ2) is 6.39. The first-order valence-corrected chi connectivity index (χ1v) is 6.57. The van der Waals surface area contributed by atoms with E-state index in [1.165, 1.54) is 5.56 Å². The number of benzene rings is 2. The zero-order valence-electron chi connectivity index (χ0n) is 10.7. The number of carbonyl (C=O) groups excluding carboxylic acids is 1. The Morgan fingerprint density at radius 2 is 1.89 bits per heavy atom. The van der Waals surface area contributed by atoms with Crippen LogP contribution in [0.3, 0.4) is 0 Å². The van der Waals surface area contributed by atoms with Crippen LogP contribution in [0, 0.1) is 0 Å². The van der Waals surface area contributed by atoms with E-state index in [4.69, 9.17) is 16.3 Å². The number of ether oxygens (including phenoxy) is 1. The highest BCUT2D eigenvalue weighted by Crippen LogP contribution is 2.14. The van der Waals surface area contributed by atoms with E-state index < -0.39 is 0 Å². The van der Waals surface area contributed by atoms with Crippen molar-refractivity contribution >= 4 is 17.4 Å². The molecule has 2 aromatic carbocycles. The lowest BCUT2D eigenvalue weighted by Gasteiger charge is -2.06. The summed E-state index contributed by atoms with van der Waals surface area (Å²) in [5.41, 5.74) is 1.81. The van der Waals surface area contributed by atoms with Crippen molar-refractivity contribution in [1.82, 2.24) is 0 Å². The summed E-state index contributed by atoms with van der Waals surface area (Å²) in [5, 5.41) is 0.554. The smallest absolute Gasteiger partial charge is 0.200 e. The second-order valence-corrected chi connectivity index (χ2v) is 4.66. The summed E-state index contributed by atoms with van der Waals surface area (Å²) in [7, 11) is 0. The minimum absolute atomic E-state index is 0.0197. The maximum atomic E-state index is 11.9. The van der Waals surface area contributed by atoms with Crippen LogP contribution in [-0.2, 0) is 6.42 Å². The molecule has 0 aromatic heterocycles. The Balaban J connectivity index is 1.96. The molecule has 0 aliphatic carbocycles. The summed E-state index contributed by atoms with van der Waals surface area (Å²) in [5.74, 6) is 0.620. The monoisotopic (exact) mass is 274 g/mol. The lowest BCUT2D eigenvalue weighted by atomic mass is 10.1. The van der Waals surface area contributed by atoms with Gasteiger partial charge < -0.3 is 4.74 Å². The van der Waals surface area contributed by atoms with Gasteiger partial charge in [0, 0.05) is 10.6 Å². The standard InChI is InChI=1S/C16H15ClO2/c1-2-12-6-8-15(9-7-12)19-11-16(18)13-4-3-5-14(17)10-13/h3-10H,2,11H2,1H3. The van der Waals surface area contributed by atoms with Gasteiger partial charge >= 0.3 is 0 Å². The van der Waals surface area contributed by atoms with Crippen LogP contribution in [0.15, 0.2) is 48.5 Å².